The van der Waals surface area contributed by atoms with Gasteiger partial charge < -0.3 is 5.32 Å². The van der Waals surface area contributed by atoms with Crippen molar-refractivity contribution >= 4 is 15.9 Å². The summed E-state index contributed by atoms with van der Waals surface area (Å²) in [6.07, 6.45) is -4.30. The molecule has 0 saturated heterocycles. The molecule has 0 spiro atoms. The molecule has 1 nitrogen and oxygen atoms in total. The smallest absolute Gasteiger partial charge is 0.306 e. The molecule has 0 aromatic heterocycles. The van der Waals surface area contributed by atoms with Gasteiger partial charge in [0.1, 0.15) is 0 Å². The fraction of sp³-hybridized carbons (Fsp3) is 0.250. The lowest BCUT2D eigenvalue weighted by Crippen LogP contribution is -2.18. The summed E-state index contributed by atoms with van der Waals surface area (Å²) in [6.45, 7) is 2.37. The van der Waals surface area contributed by atoms with E-state index in [-0.39, 0.29) is 6.04 Å². The summed E-state index contributed by atoms with van der Waals surface area (Å²) in [5, 5.41) is 3.23. The molecule has 2 rings (SSSR count). The molecule has 0 heterocycles. The maximum atomic E-state index is 12.6. The highest BCUT2D eigenvalue weighted by Crippen LogP contribution is 2.29. The second-order valence-electron chi connectivity index (χ2n) is 4.85. The van der Waals surface area contributed by atoms with E-state index in [4.69, 9.17) is 0 Å². The molecule has 0 aliphatic heterocycles. The summed E-state index contributed by atoms with van der Waals surface area (Å²) < 4.78 is 38.9. The van der Waals surface area contributed by atoms with Crippen LogP contribution < -0.4 is 5.32 Å². The Morgan fingerprint density at radius 2 is 1.76 bits per heavy atom. The van der Waals surface area contributed by atoms with Crippen LogP contribution in [0.5, 0.6) is 0 Å². The van der Waals surface area contributed by atoms with Gasteiger partial charge in [0.2, 0.25) is 0 Å². The summed E-state index contributed by atoms with van der Waals surface area (Å²) in [5.41, 5.74) is 1.09. The number of benzene rings is 2. The Bertz CT molecular complexity index is 593. The van der Waals surface area contributed by atoms with Gasteiger partial charge in [-0.15, -0.1) is 0 Å². The molecule has 0 saturated carbocycles. The van der Waals surface area contributed by atoms with Crippen LogP contribution in [0, 0.1) is 0 Å². The van der Waals surface area contributed by atoms with Crippen LogP contribution in [0.25, 0.3) is 0 Å². The highest BCUT2D eigenvalue weighted by molar-refractivity contribution is 9.10. The van der Waals surface area contributed by atoms with Crippen molar-refractivity contribution in [2.45, 2.75) is 25.7 Å². The Labute approximate surface area is 130 Å². The van der Waals surface area contributed by atoms with Gasteiger partial charge in [-0.2, -0.15) is 13.2 Å². The SMILES string of the molecule is CC(NCc1cccc(C(F)(F)F)c1)c1ccc(Br)cc1. The van der Waals surface area contributed by atoms with E-state index < -0.39 is 11.7 Å². The Hall–Kier alpha value is -1.33. The minimum atomic E-state index is -4.30. The molecule has 112 valence electrons. The normalized spacial score (nSPS) is 13.2. The molecule has 2 aromatic rings. The van der Waals surface area contributed by atoms with Gasteiger partial charge in [-0.25, -0.2) is 0 Å². The molecule has 1 unspecified atom stereocenters. The summed E-state index contributed by atoms with van der Waals surface area (Å²) in [5.74, 6) is 0. The van der Waals surface area contributed by atoms with E-state index >= 15 is 0 Å². The summed E-state index contributed by atoms with van der Waals surface area (Å²) in [7, 11) is 0. The molecule has 0 fully saturated rings. The molecule has 1 atom stereocenters. The van der Waals surface area contributed by atoms with Gasteiger partial charge in [0.25, 0.3) is 0 Å². The lowest BCUT2D eigenvalue weighted by atomic mass is 10.1. The quantitative estimate of drug-likeness (QED) is 0.780. The molecule has 0 aliphatic rings. The van der Waals surface area contributed by atoms with Crippen molar-refractivity contribution in [1.29, 1.82) is 0 Å². The number of rotatable bonds is 4. The predicted octanol–water partition coefficient (Wildman–Crippen LogP) is 5.32. The van der Waals surface area contributed by atoms with Gasteiger partial charge in [0.15, 0.2) is 0 Å². The zero-order valence-electron chi connectivity index (χ0n) is 11.4. The minimum Gasteiger partial charge on any atom is -0.306 e. The molecule has 0 bridgehead atoms. The van der Waals surface area contributed by atoms with Crippen molar-refractivity contribution < 1.29 is 13.2 Å². The van der Waals surface area contributed by atoms with Gasteiger partial charge in [-0.05, 0) is 36.2 Å². The zero-order chi connectivity index (χ0) is 15.5. The molecule has 5 heteroatoms. The first kappa shape index (κ1) is 16.0. The summed E-state index contributed by atoms with van der Waals surface area (Å²) in [6, 6.07) is 13.3. The Kier molecular flexibility index (Phi) is 5.06. The first-order chi connectivity index (χ1) is 9.86. The van der Waals surface area contributed by atoms with Gasteiger partial charge in [0.05, 0.1) is 5.56 Å². The van der Waals surface area contributed by atoms with Gasteiger partial charge in [-0.1, -0.05) is 46.3 Å². The average molecular weight is 358 g/mol. The highest BCUT2D eigenvalue weighted by Gasteiger charge is 2.30. The van der Waals surface area contributed by atoms with Crippen molar-refractivity contribution in [3.05, 3.63) is 69.7 Å². The predicted molar refractivity (Wildman–Crippen MR) is 80.8 cm³/mol. The maximum Gasteiger partial charge on any atom is 0.416 e. The molecular weight excluding hydrogens is 343 g/mol. The van der Waals surface area contributed by atoms with Crippen molar-refractivity contribution in [3.8, 4) is 0 Å². The van der Waals surface area contributed by atoms with Crippen LogP contribution in [0.3, 0.4) is 0 Å². The molecule has 0 aliphatic carbocycles. The second kappa shape index (κ2) is 6.62. The van der Waals surface area contributed by atoms with Gasteiger partial charge in [0, 0.05) is 17.1 Å². The highest BCUT2D eigenvalue weighted by atomic mass is 79.9. The average Bonchev–Trinajstić information content (AvgIpc) is 2.45. The maximum absolute atomic E-state index is 12.6. The molecule has 0 radical (unpaired) electrons. The zero-order valence-corrected chi connectivity index (χ0v) is 13.0. The number of alkyl halides is 3. The third-order valence-electron chi connectivity index (χ3n) is 3.24. The largest absolute Gasteiger partial charge is 0.416 e. The molecule has 1 N–H and O–H groups in total. The van der Waals surface area contributed by atoms with E-state index in [1.54, 1.807) is 6.07 Å². The topological polar surface area (TPSA) is 12.0 Å². The van der Waals surface area contributed by atoms with E-state index in [0.29, 0.717) is 12.1 Å². The second-order valence-corrected chi connectivity index (χ2v) is 5.77. The van der Waals surface area contributed by atoms with Crippen LogP contribution in [0.15, 0.2) is 53.0 Å². The van der Waals surface area contributed by atoms with E-state index in [1.807, 2.05) is 31.2 Å². The molecular formula is C16H15BrF3N. The number of halogens is 4. The first-order valence-electron chi connectivity index (χ1n) is 6.51. The fourth-order valence-corrected chi connectivity index (χ4v) is 2.26. The molecule has 2 aromatic carbocycles. The van der Waals surface area contributed by atoms with Crippen molar-refractivity contribution in [1.82, 2.24) is 5.32 Å². The molecule has 0 amide bonds. The van der Waals surface area contributed by atoms with Crippen LogP contribution in [0.2, 0.25) is 0 Å². The van der Waals surface area contributed by atoms with Crippen LogP contribution in [0.4, 0.5) is 13.2 Å². The third-order valence-corrected chi connectivity index (χ3v) is 3.77. The van der Waals surface area contributed by atoms with E-state index in [0.717, 1.165) is 16.1 Å². The van der Waals surface area contributed by atoms with E-state index in [2.05, 4.69) is 21.2 Å². The summed E-state index contributed by atoms with van der Waals surface area (Å²) >= 11 is 3.37. The number of nitrogens with one attached hydrogen (secondary N) is 1. The molecule has 21 heavy (non-hydrogen) atoms. The van der Waals surface area contributed by atoms with Crippen molar-refractivity contribution in [2.24, 2.45) is 0 Å². The number of hydrogen-bond donors (Lipinski definition) is 1. The minimum absolute atomic E-state index is 0.0626. The third kappa shape index (κ3) is 4.58. The fourth-order valence-electron chi connectivity index (χ4n) is 2.00. The van der Waals surface area contributed by atoms with Gasteiger partial charge >= 0.3 is 6.18 Å². The first-order valence-corrected chi connectivity index (χ1v) is 7.30. The monoisotopic (exact) mass is 357 g/mol. The van der Waals surface area contributed by atoms with E-state index in [1.165, 1.54) is 12.1 Å². The lowest BCUT2D eigenvalue weighted by molar-refractivity contribution is -0.137. The van der Waals surface area contributed by atoms with Gasteiger partial charge in [-0.3, -0.25) is 0 Å². The summed E-state index contributed by atoms with van der Waals surface area (Å²) in [4.78, 5) is 0. The van der Waals surface area contributed by atoms with Crippen LogP contribution >= 0.6 is 15.9 Å². The number of hydrogen-bond acceptors (Lipinski definition) is 1. The van der Waals surface area contributed by atoms with Crippen LogP contribution in [-0.4, -0.2) is 0 Å². The standard InChI is InChI=1S/C16H15BrF3N/c1-11(13-5-7-15(17)8-6-13)21-10-12-3-2-4-14(9-12)16(18,19)20/h2-9,11,21H,10H2,1H3. The van der Waals surface area contributed by atoms with Crippen LogP contribution in [0.1, 0.15) is 29.7 Å². The Balaban J connectivity index is 2.01. The lowest BCUT2D eigenvalue weighted by Gasteiger charge is -2.15. The van der Waals surface area contributed by atoms with Crippen molar-refractivity contribution in [2.75, 3.05) is 0 Å². The van der Waals surface area contributed by atoms with Crippen molar-refractivity contribution in [3.63, 3.8) is 0 Å². The van der Waals surface area contributed by atoms with Crippen LogP contribution in [-0.2, 0) is 12.7 Å². The Morgan fingerprint density at radius 1 is 1.10 bits per heavy atom. The Morgan fingerprint density at radius 3 is 2.38 bits per heavy atom. The van der Waals surface area contributed by atoms with E-state index in [9.17, 15) is 13.2 Å².